The average Bonchev–Trinajstić information content (AvgIpc) is 1.88. The Balaban J connectivity index is 2.96. The molecule has 53 valence electrons. The zero-order chi connectivity index (χ0) is 7.56. The molecule has 0 amide bonds. The number of aromatic nitrogens is 1. The molecule has 0 unspecified atom stereocenters. The first kappa shape index (κ1) is 7.47. The second kappa shape index (κ2) is 2.97. The zero-order valence-corrected chi connectivity index (χ0v) is 7.68. The fourth-order valence-electron chi connectivity index (χ4n) is 0.822. The van der Waals surface area contributed by atoms with E-state index in [9.17, 15) is 0 Å². The first-order chi connectivity index (χ1) is 4.70. The molecule has 0 fully saturated rings. The summed E-state index contributed by atoms with van der Waals surface area (Å²) in [6, 6.07) is 6.23. The van der Waals surface area contributed by atoms with Crippen LogP contribution in [0.5, 0.6) is 0 Å². The van der Waals surface area contributed by atoms with Crippen LogP contribution in [0.3, 0.4) is 0 Å². The van der Waals surface area contributed by atoms with Gasteiger partial charge in [0.1, 0.15) is 8.80 Å². The molecule has 1 nitrogen and oxygen atoms in total. The number of hydrogen-bond donors (Lipinski definition) is 0. The molecular weight excluding hydrogens is 138 g/mol. The third kappa shape index (κ3) is 1.67. The van der Waals surface area contributed by atoms with E-state index >= 15 is 0 Å². The summed E-state index contributed by atoms with van der Waals surface area (Å²) in [5, 5.41) is 1.28. The molecule has 0 aliphatic carbocycles. The molecule has 0 spiro atoms. The van der Waals surface area contributed by atoms with Gasteiger partial charge in [0.15, 0.2) is 0 Å². The molecule has 0 aliphatic heterocycles. The van der Waals surface area contributed by atoms with Crippen molar-refractivity contribution >= 4 is 14.1 Å². The molecule has 0 saturated carbocycles. The molecular formula is C8H12NSi. The lowest BCUT2D eigenvalue weighted by atomic mass is 10.4. The van der Waals surface area contributed by atoms with Gasteiger partial charge in [-0.3, -0.25) is 4.98 Å². The van der Waals surface area contributed by atoms with Crippen molar-refractivity contribution in [3.63, 3.8) is 0 Å². The Morgan fingerprint density at radius 1 is 1.30 bits per heavy atom. The van der Waals surface area contributed by atoms with Crippen molar-refractivity contribution in [1.29, 1.82) is 0 Å². The van der Waals surface area contributed by atoms with Crippen molar-refractivity contribution in [2.24, 2.45) is 0 Å². The SMILES string of the molecule is Cc1cccc([Si](C)C)n1. The van der Waals surface area contributed by atoms with Gasteiger partial charge in [-0.1, -0.05) is 19.2 Å². The maximum atomic E-state index is 4.42. The highest BCUT2D eigenvalue weighted by atomic mass is 28.3. The zero-order valence-electron chi connectivity index (χ0n) is 6.68. The maximum Gasteiger partial charge on any atom is 0.104 e. The van der Waals surface area contributed by atoms with Gasteiger partial charge in [-0.2, -0.15) is 0 Å². The molecule has 2 heteroatoms. The van der Waals surface area contributed by atoms with Crippen LogP contribution >= 0.6 is 0 Å². The first-order valence-corrected chi connectivity index (χ1v) is 5.94. The summed E-state index contributed by atoms with van der Waals surface area (Å²) in [5.41, 5.74) is 1.13. The molecule has 1 aromatic rings. The molecule has 1 aromatic heterocycles. The minimum absolute atomic E-state index is 0.345. The van der Waals surface area contributed by atoms with Crippen molar-refractivity contribution in [1.82, 2.24) is 4.98 Å². The minimum Gasteiger partial charge on any atom is -0.263 e. The van der Waals surface area contributed by atoms with E-state index in [0.717, 1.165) is 5.69 Å². The smallest absolute Gasteiger partial charge is 0.104 e. The number of pyridine rings is 1. The molecule has 0 atom stereocenters. The second-order valence-corrected chi connectivity index (χ2v) is 5.18. The van der Waals surface area contributed by atoms with Gasteiger partial charge in [0.2, 0.25) is 0 Å². The second-order valence-electron chi connectivity index (χ2n) is 2.66. The Morgan fingerprint density at radius 2 is 2.00 bits per heavy atom. The van der Waals surface area contributed by atoms with Crippen LogP contribution in [0.1, 0.15) is 5.69 Å². The lowest BCUT2D eigenvalue weighted by molar-refractivity contribution is 1.23. The number of aryl methyl sites for hydroxylation is 1. The van der Waals surface area contributed by atoms with Crippen LogP contribution in [0.15, 0.2) is 18.2 Å². The maximum absolute atomic E-state index is 4.42. The Bertz CT molecular complexity index is 220. The minimum atomic E-state index is -0.345. The predicted octanol–water partition coefficient (Wildman–Crippen LogP) is 1.35. The van der Waals surface area contributed by atoms with Crippen LogP contribution in [0.25, 0.3) is 0 Å². The quantitative estimate of drug-likeness (QED) is 0.551. The summed E-state index contributed by atoms with van der Waals surface area (Å²) in [6.45, 7) is 6.55. The fraction of sp³-hybridized carbons (Fsp3) is 0.375. The predicted molar refractivity (Wildman–Crippen MR) is 46.1 cm³/mol. The van der Waals surface area contributed by atoms with E-state index < -0.39 is 0 Å². The van der Waals surface area contributed by atoms with Crippen molar-refractivity contribution in [3.05, 3.63) is 23.9 Å². The van der Waals surface area contributed by atoms with Gasteiger partial charge in [0.05, 0.1) is 0 Å². The van der Waals surface area contributed by atoms with Crippen LogP contribution in [0.4, 0.5) is 0 Å². The summed E-state index contributed by atoms with van der Waals surface area (Å²) >= 11 is 0. The molecule has 1 radical (unpaired) electrons. The topological polar surface area (TPSA) is 12.9 Å². The molecule has 10 heavy (non-hydrogen) atoms. The van der Waals surface area contributed by atoms with E-state index in [1.807, 2.05) is 13.0 Å². The van der Waals surface area contributed by atoms with Crippen molar-refractivity contribution in [2.75, 3.05) is 0 Å². The van der Waals surface area contributed by atoms with E-state index in [4.69, 9.17) is 0 Å². The van der Waals surface area contributed by atoms with Gasteiger partial charge in [0, 0.05) is 11.0 Å². The summed E-state index contributed by atoms with van der Waals surface area (Å²) in [6.07, 6.45) is 0. The Labute approximate surface area is 63.7 Å². The third-order valence-corrected chi connectivity index (χ3v) is 2.70. The van der Waals surface area contributed by atoms with E-state index in [1.54, 1.807) is 0 Å². The standard InChI is InChI=1S/C8H12NSi/c1-7-5-4-6-8(9-7)10(2)3/h4-6H,1-3H3. The molecule has 0 aromatic carbocycles. The van der Waals surface area contributed by atoms with Crippen LogP contribution in [0.2, 0.25) is 13.1 Å². The van der Waals surface area contributed by atoms with Crippen LogP contribution < -0.4 is 5.32 Å². The van der Waals surface area contributed by atoms with Gasteiger partial charge in [-0.05, 0) is 19.1 Å². The summed E-state index contributed by atoms with van der Waals surface area (Å²) in [4.78, 5) is 4.42. The molecule has 0 N–H and O–H groups in total. The number of hydrogen-bond acceptors (Lipinski definition) is 1. The van der Waals surface area contributed by atoms with Crippen LogP contribution in [0, 0.1) is 6.92 Å². The van der Waals surface area contributed by atoms with Gasteiger partial charge in [-0.25, -0.2) is 0 Å². The van der Waals surface area contributed by atoms with Crippen LogP contribution in [-0.2, 0) is 0 Å². The summed E-state index contributed by atoms with van der Waals surface area (Å²) in [5.74, 6) is 0. The molecule has 0 bridgehead atoms. The monoisotopic (exact) mass is 150 g/mol. The number of rotatable bonds is 1. The average molecular weight is 150 g/mol. The van der Waals surface area contributed by atoms with E-state index in [2.05, 4.69) is 30.2 Å². The molecule has 0 aliphatic rings. The first-order valence-electron chi connectivity index (χ1n) is 3.44. The normalized spacial score (nSPS) is 10.4. The highest BCUT2D eigenvalue weighted by Crippen LogP contribution is 1.89. The molecule has 1 rings (SSSR count). The lowest BCUT2D eigenvalue weighted by Crippen LogP contribution is -2.26. The van der Waals surface area contributed by atoms with Crippen molar-refractivity contribution in [3.8, 4) is 0 Å². The van der Waals surface area contributed by atoms with Gasteiger partial charge in [0.25, 0.3) is 0 Å². The van der Waals surface area contributed by atoms with Gasteiger partial charge in [-0.15, -0.1) is 0 Å². The largest absolute Gasteiger partial charge is 0.263 e. The fourth-order valence-corrected chi connectivity index (χ4v) is 1.65. The lowest BCUT2D eigenvalue weighted by Gasteiger charge is -2.01. The van der Waals surface area contributed by atoms with Gasteiger partial charge >= 0.3 is 0 Å². The van der Waals surface area contributed by atoms with E-state index in [1.165, 1.54) is 5.32 Å². The highest BCUT2D eigenvalue weighted by Gasteiger charge is 2.00. The van der Waals surface area contributed by atoms with E-state index in [-0.39, 0.29) is 8.80 Å². The molecule has 1 heterocycles. The summed E-state index contributed by atoms with van der Waals surface area (Å²) in [7, 11) is -0.345. The third-order valence-electron chi connectivity index (χ3n) is 1.40. The van der Waals surface area contributed by atoms with Crippen molar-refractivity contribution in [2.45, 2.75) is 20.0 Å². The number of nitrogens with zero attached hydrogens (tertiary/aromatic N) is 1. The van der Waals surface area contributed by atoms with Crippen LogP contribution in [-0.4, -0.2) is 13.8 Å². The Kier molecular flexibility index (Phi) is 2.22. The highest BCUT2D eigenvalue weighted by molar-refractivity contribution is 6.69. The summed E-state index contributed by atoms with van der Waals surface area (Å²) < 4.78 is 0. The van der Waals surface area contributed by atoms with Crippen molar-refractivity contribution < 1.29 is 0 Å². The molecule has 0 saturated heterocycles. The Hall–Kier alpha value is -0.633. The van der Waals surface area contributed by atoms with E-state index in [0.29, 0.717) is 0 Å². The van der Waals surface area contributed by atoms with Gasteiger partial charge < -0.3 is 0 Å². The Morgan fingerprint density at radius 3 is 2.40 bits per heavy atom.